The molecule has 1 aromatic carbocycles. The van der Waals surface area contributed by atoms with Gasteiger partial charge in [0.15, 0.2) is 0 Å². The second-order valence-electron chi connectivity index (χ2n) is 6.85. The molecule has 0 fully saturated rings. The summed E-state index contributed by atoms with van der Waals surface area (Å²) in [5, 5.41) is 6.89. The van der Waals surface area contributed by atoms with Crippen LogP contribution >= 0.6 is 0 Å². The lowest BCUT2D eigenvalue weighted by atomic mass is 9.92. The minimum Gasteiger partial charge on any atom is -0.345 e. The van der Waals surface area contributed by atoms with Gasteiger partial charge in [-0.2, -0.15) is 4.98 Å². The molecule has 0 saturated heterocycles. The molecule has 1 atom stereocenters. The summed E-state index contributed by atoms with van der Waals surface area (Å²) in [6.45, 7) is 9.94. The van der Waals surface area contributed by atoms with E-state index in [2.05, 4.69) is 15.5 Å². The normalized spacial score (nSPS) is 13.0. The van der Waals surface area contributed by atoms with Crippen molar-refractivity contribution in [1.82, 2.24) is 15.5 Å². The molecule has 22 heavy (non-hydrogen) atoms. The van der Waals surface area contributed by atoms with Crippen molar-refractivity contribution in [3.05, 3.63) is 35.7 Å². The first-order valence-electron chi connectivity index (χ1n) is 7.44. The van der Waals surface area contributed by atoms with E-state index in [1.54, 1.807) is 0 Å². The number of hydrogen-bond acceptors (Lipinski definition) is 4. The Labute approximate surface area is 131 Å². The van der Waals surface area contributed by atoms with Crippen LogP contribution in [0.4, 0.5) is 0 Å². The molecule has 5 nitrogen and oxygen atoms in total. The van der Waals surface area contributed by atoms with Gasteiger partial charge in [-0.15, -0.1) is 0 Å². The van der Waals surface area contributed by atoms with E-state index in [-0.39, 0.29) is 17.4 Å². The van der Waals surface area contributed by atoms with Crippen molar-refractivity contribution >= 4 is 5.91 Å². The third-order valence-electron chi connectivity index (χ3n) is 3.16. The number of hydrogen-bond donors (Lipinski definition) is 1. The average molecular weight is 301 g/mol. The van der Waals surface area contributed by atoms with Crippen molar-refractivity contribution in [2.45, 2.75) is 47.1 Å². The third kappa shape index (κ3) is 4.41. The molecular weight excluding hydrogens is 278 g/mol. The Hall–Kier alpha value is -2.17. The van der Waals surface area contributed by atoms with Crippen molar-refractivity contribution in [1.29, 1.82) is 0 Å². The first-order valence-corrected chi connectivity index (χ1v) is 7.44. The van der Waals surface area contributed by atoms with Crippen LogP contribution in [-0.2, 0) is 4.79 Å². The summed E-state index contributed by atoms with van der Waals surface area (Å²) in [5.74, 6) is 0.935. The average Bonchev–Trinajstić information content (AvgIpc) is 2.85. The third-order valence-corrected chi connectivity index (χ3v) is 3.16. The van der Waals surface area contributed by atoms with Gasteiger partial charge in [-0.25, -0.2) is 0 Å². The lowest BCUT2D eigenvalue weighted by Gasteiger charge is -2.18. The Morgan fingerprint density at radius 2 is 2.09 bits per heavy atom. The lowest BCUT2D eigenvalue weighted by molar-refractivity contribution is -0.123. The van der Waals surface area contributed by atoms with Crippen LogP contribution in [0.1, 0.15) is 51.6 Å². The molecule has 1 unspecified atom stereocenters. The Balaban J connectivity index is 2.06. The molecular formula is C17H23N3O2. The summed E-state index contributed by atoms with van der Waals surface area (Å²) in [6, 6.07) is 7.60. The van der Waals surface area contributed by atoms with Crippen molar-refractivity contribution in [3.8, 4) is 11.4 Å². The molecule has 0 aliphatic heterocycles. The molecule has 2 aromatic rings. The van der Waals surface area contributed by atoms with E-state index >= 15 is 0 Å². The van der Waals surface area contributed by atoms with Crippen LogP contribution in [0.3, 0.4) is 0 Å². The SMILES string of the molecule is Cc1cccc(-c2noc(C(C)NC(=O)CC(C)(C)C)n2)c1. The van der Waals surface area contributed by atoms with Gasteiger partial charge in [0.25, 0.3) is 0 Å². The Bertz CT molecular complexity index is 656. The summed E-state index contributed by atoms with van der Waals surface area (Å²) in [5.41, 5.74) is 1.99. The summed E-state index contributed by atoms with van der Waals surface area (Å²) in [7, 11) is 0. The standard InChI is InChI=1S/C17H23N3O2/c1-11-7-6-8-13(9-11)15-19-16(22-20-15)12(2)18-14(21)10-17(3,4)5/h6-9,12H,10H2,1-5H3,(H,18,21). The van der Waals surface area contributed by atoms with E-state index in [1.165, 1.54) is 0 Å². The summed E-state index contributed by atoms with van der Waals surface area (Å²) in [6.07, 6.45) is 0.455. The molecule has 5 heteroatoms. The number of carbonyl (C=O) groups is 1. The number of aromatic nitrogens is 2. The summed E-state index contributed by atoms with van der Waals surface area (Å²) in [4.78, 5) is 16.3. The van der Waals surface area contributed by atoms with E-state index in [4.69, 9.17) is 4.52 Å². The van der Waals surface area contributed by atoms with Gasteiger partial charge in [0.2, 0.25) is 17.6 Å². The number of aryl methyl sites for hydroxylation is 1. The smallest absolute Gasteiger partial charge is 0.249 e. The Morgan fingerprint density at radius 1 is 1.36 bits per heavy atom. The van der Waals surface area contributed by atoms with Crippen LogP contribution in [0.5, 0.6) is 0 Å². The first kappa shape index (κ1) is 16.2. The van der Waals surface area contributed by atoms with E-state index in [0.29, 0.717) is 18.1 Å². The van der Waals surface area contributed by atoms with Crippen LogP contribution in [-0.4, -0.2) is 16.0 Å². The predicted octanol–water partition coefficient (Wildman–Crippen LogP) is 3.66. The van der Waals surface area contributed by atoms with Gasteiger partial charge >= 0.3 is 0 Å². The van der Waals surface area contributed by atoms with Gasteiger partial charge in [-0.05, 0) is 25.3 Å². The maximum Gasteiger partial charge on any atom is 0.249 e. The number of rotatable bonds is 4. The molecule has 0 aliphatic carbocycles. The van der Waals surface area contributed by atoms with E-state index in [0.717, 1.165) is 11.1 Å². The minimum atomic E-state index is -0.305. The fraction of sp³-hybridized carbons (Fsp3) is 0.471. The maximum absolute atomic E-state index is 12.0. The zero-order valence-corrected chi connectivity index (χ0v) is 13.8. The number of nitrogens with one attached hydrogen (secondary N) is 1. The highest BCUT2D eigenvalue weighted by atomic mass is 16.5. The predicted molar refractivity (Wildman–Crippen MR) is 85.1 cm³/mol. The molecule has 0 aliphatic rings. The van der Waals surface area contributed by atoms with E-state index in [9.17, 15) is 4.79 Å². The number of nitrogens with zero attached hydrogens (tertiary/aromatic N) is 2. The van der Waals surface area contributed by atoms with Gasteiger partial charge in [-0.1, -0.05) is 49.7 Å². The molecule has 1 aromatic heterocycles. The van der Waals surface area contributed by atoms with Crippen LogP contribution < -0.4 is 5.32 Å². The number of amides is 1. The van der Waals surface area contributed by atoms with E-state index < -0.39 is 0 Å². The van der Waals surface area contributed by atoms with Gasteiger partial charge in [-0.3, -0.25) is 4.79 Å². The van der Waals surface area contributed by atoms with Crippen LogP contribution in [0.15, 0.2) is 28.8 Å². The highest BCUT2D eigenvalue weighted by Gasteiger charge is 2.21. The van der Waals surface area contributed by atoms with Gasteiger partial charge in [0.05, 0.1) is 0 Å². The second kappa shape index (κ2) is 6.30. The van der Waals surface area contributed by atoms with Gasteiger partial charge in [0.1, 0.15) is 6.04 Å². The molecule has 2 rings (SSSR count). The van der Waals surface area contributed by atoms with Gasteiger partial charge in [0, 0.05) is 12.0 Å². The molecule has 0 spiro atoms. The second-order valence-corrected chi connectivity index (χ2v) is 6.85. The van der Waals surface area contributed by atoms with E-state index in [1.807, 2.05) is 58.9 Å². The molecule has 0 radical (unpaired) electrons. The molecule has 1 N–H and O–H groups in total. The Kier molecular flexibility index (Phi) is 4.64. The van der Waals surface area contributed by atoms with Crippen molar-refractivity contribution in [2.24, 2.45) is 5.41 Å². The maximum atomic E-state index is 12.0. The molecule has 1 heterocycles. The topological polar surface area (TPSA) is 68.0 Å². The zero-order valence-electron chi connectivity index (χ0n) is 13.8. The van der Waals surface area contributed by atoms with Gasteiger partial charge < -0.3 is 9.84 Å². The van der Waals surface area contributed by atoms with Crippen LogP contribution in [0.25, 0.3) is 11.4 Å². The van der Waals surface area contributed by atoms with Crippen molar-refractivity contribution in [2.75, 3.05) is 0 Å². The molecule has 1 amide bonds. The quantitative estimate of drug-likeness (QED) is 0.935. The number of carbonyl (C=O) groups excluding carboxylic acids is 1. The fourth-order valence-electron chi connectivity index (χ4n) is 2.15. The fourth-order valence-corrected chi connectivity index (χ4v) is 2.15. The van der Waals surface area contributed by atoms with Crippen LogP contribution in [0.2, 0.25) is 0 Å². The lowest BCUT2D eigenvalue weighted by Crippen LogP contribution is -2.30. The monoisotopic (exact) mass is 301 g/mol. The summed E-state index contributed by atoms with van der Waals surface area (Å²) < 4.78 is 5.28. The Morgan fingerprint density at radius 3 is 2.73 bits per heavy atom. The van der Waals surface area contributed by atoms with Crippen LogP contribution in [0, 0.1) is 12.3 Å². The largest absolute Gasteiger partial charge is 0.345 e. The zero-order chi connectivity index (χ0) is 16.3. The van der Waals surface area contributed by atoms with Crippen molar-refractivity contribution in [3.63, 3.8) is 0 Å². The number of benzene rings is 1. The highest BCUT2D eigenvalue weighted by molar-refractivity contribution is 5.76. The van der Waals surface area contributed by atoms with Crippen molar-refractivity contribution < 1.29 is 9.32 Å². The summed E-state index contributed by atoms with van der Waals surface area (Å²) >= 11 is 0. The first-order chi connectivity index (χ1) is 10.2. The molecule has 118 valence electrons. The minimum absolute atomic E-state index is 0.0182. The molecule has 0 saturated carbocycles. The molecule has 0 bridgehead atoms. The highest BCUT2D eigenvalue weighted by Crippen LogP contribution is 2.21.